The van der Waals surface area contributed by atoms with Gasteiger partial charge in [-0.05, 0) is 30.6 Å². The van der Waals surface area contributed by atoms with Crippen molar-refractivity contribution in [3.63, 3.8) is 0 Å². The first kappa shape index (κ1) is 7.80. The van der Waals surface area contributed by atoms with Crippen molar-refractivity contribution in [3.8, 4) is 0 Å². The van der Waals surface area contributed by atoms with Gasteiger partial charge in [0.25, 0.3) is 0 Å². The summed E-state index contributed by atoms with van der Waals surface area (Å²) >= 11 is 0. The zero-order valence-corrected chi connectivity index (χ0v) is 6.81. The maximum Gasteiger partial charge on any atom is 0.320 e. The molecule has 0 aromatic carbocycles. The molecule has 0 radical (unpaired) electrons. The van der Waals surface area contributed by atoms with Crippen LogP contribution >= 0.6 is 0 Å². The van der Waals surface area contributed by atoms with Crippen LogP contribution in [0.2, 0.25) is 0 Å². The van der Waals surface area contributed by atoms with E-state index >= 15 is 0 Å². The zero-order valence-electron chi connectivity index (χ0n) is 6.81. The first-order chi connectivity index (χ1) is 5.68. The average Bonchev–Trinajstić information content (AvgIpc) is 2.62. The van der Waals surface area contributed by atoms with Crippen molar-refractivity contribution in [2.75, 3.05) is 0 Å². The third-order valence-electron chi connectivity index (χ3n) is 3.08. The predicted octanol–water partition coefficient (Wildman–Crippen LogP) is 0.610. The Morgan fingerprint density at radius 1 is 1.50 bits per heavy atom. The Balaban J connectivity index is 2.07. The molecule has 0 amide bonds. The van der Waals surface area contributed by atoms with Crippen molar-refractivity contribution < 1.29 is 9.90 Å². The van der Waals surface area contributed by atoms with Crippen LogP contribution in [0.3, 0.4) is 0 Å². The lowest BCUT2D eigenvalue weighted by Crippen LogP contribution is -2.39. The van der Waals surface area contributed by atoms with E-state index in [1.165, 1.54) is 0 Å². The summed E-state index contributed by atoms with van der Waals surface area (Å²) in [5, 5.41) is 8.72. The molecule has 2 rings (SSSR count). The van der Waals surface area contributed by atoms with Gasteiger partial charge in [-0.25, -0.2) is 0 Å². The number of fused-ring (bicyclic) bond motifs is 2. The van der Waals surface area contributed by atoms with E-state index < -0.39 is 12.0 Å². The number of carboxylic acids is 1. The number of aliphatic carboxylic acids is 1. The Morgan fingerprint density at radius 2 is 2.25 bits per heavy atom. The topological polar surface area (TPSA) is 63.3 Å². The van der Waals surface area contributed by atoms with E-state index in [-0.39, 0.29) is 5.92 Å². The molecule has 3 N–H and O–H groups in total. The normalized spacial score (nSPS) is 40.2. The minimum Gasteiger partial charge on any atom is -0.480 e. The molecule has 4 atom stereocenters. The number of hydrogen-bond acceptors (Lipinski definition) is 2. The van der Waals surface area contributed by atoms with Crippen molar-refractivity contribution in [2.24, 2.45) is 23.5 Å². The van der Waals surface area contributed by atoms with Gasteiger partial charge in [0.1, 0.15) is 6.04 Å². The highest BCUT2D eigenvalue weighted by Crippen LogP contribution is 2.44. The second-order valence-corrected chi connectivity index (χ2v) is 3.81. The van der Waals surface area contributed by atoms with Crippen LogP contribution in [-0.4, -0.2) is 17.1 Å². The standard InChI is InChI=1S/C9H13NO2/c10-8(9(11)12)7-4-5-1-2-6(7)3-5/h1-2,5-8H,3-4,10H2,(H,11,12)/t5-,6-,7-,8-/m0/s1. The maximum atomic E-state index is 10.6. The Morgan fingerprint density at radius 3 is 2.67 bits per heavy atom. The van der Waals surface area contributed by atoms with Gasteiger partial charge in [-0.2, -0.15) is 0 Å². The molecule has 0 aliphatic heterocycles. The monoisotopic (exact) mass is 167 g/mol. The first-order valence-corrected chi connectivity index (χ1v) is 4.35. The van der Waals surface area contributed by atoms with Crippen LogP contribution < -0.4 is 5.73 Å². The summed E-state index contributed by atoms with van der Waals surface area (Å²) < 4.78 is 0. The van der Waals surface area contributed by atoms with Gasteiger partial charge in [0.15, 0.2) is 0 Å². The fourth-order valence-electron chi connectivity index (χ4n) is 2.42. The Hall–Kier alpha value is -0.830. The Labute approximate surface area is 71.3 Å². The van der Waals surface area contributed by atoms with Crippen molar-refractivity contribution in [1.29, 1.82) is 0 Å². The molecule has 0 aromatic heterocycles. The van der Waals surface area contributed by atoms with E-state index in [0.717, 1.165) is 12.8 Å². The maximum absolute atomic E-state index is 10.6. The summed E-state index contributed by atoms with van der Waals surface area (Å²) in [4.78, 5) is 10.6. The van der Waals surface area contributed by atoms with Gasteiger partial charge in [-0.3, -0.25) is 4.79 Å². The Kier molecular flexibility index (Phi) is 1.68. The number of carbonyl (C=O) groups is 1. The van der Waals surface area contributed by atoms with E-state index in [1.807, 2.05) is 0 Å². The molecule has 3 heteroatoms. The van der Waals surface area contributed by atoms with Crippen LogP contribution in [0, 0.1) is 17.8 Å². The van der Waals surface area contributed by atoms with E-state index in [4.69, 9.17) is 10.8 Å². The second-order valence-electron chi connectivity index (χ2n) is 3.81. The minimum absolute atomic E-state index is 0.178. The smallest absolute Gasteiger partial charge is 0.320 e. The molecule has 0 heterocycles. The number of carboxylic acid groups (broad SMARTS) is 1. The van der Waals surface area contributed by atoms with Crippen LogP contribution in [0.25, 0.3) is 0 Å². The van der Waals surface area contributed by atoms with Gasteiger partial charge < -0.3 is 10.8 Å². The number of rotatable bonds is 2. The molecule has 0 saturated heterocycles. The van der Waals surface area contributed by atoms with Gasteiger partial charge >= 0.3 is 5.97 Å². The van der Waals surface area contributed by atoms with Crippen molar-refractivity contribution in [1.82, 2.24) is 0 Å². The van der Waals surface area contributed by atoms with E-state index in [2.05, 4.69) is 12.2 Å². The highest BCUT2D eigenvalue weighted by atomic mass is 16.4. The van der Waals surface area contributed by atoms with Gasteiger partial charge in [-0.1, -0.05) is 12.2 Å². The summed E-state index contributed by atoms with van der Waals surface area (Å²) in [6, 6.07) is -0.662. The van der Waals surface area contributed by atoms with Crippen LogP contribution in [-0.2, 0) is 4.79 Å². The van der Waals surface area contributed by atoms with Gasteiger partial charge in [-0.15, -0.1) is 0 Å². The van der Waals surface area contributed by atoms with E-state index in [0.29, 0.717) is 11.8 Å². The summed E-state index contributed by atoms with van der Waals surface area (Å²) in [7, 11) is 0. The average molecular weight is 167 g/mol. The quantitative estimate of drug-likeness (QED) is 0.592. The van der Waals surface area contributed by atoms with Crippen LogP contribution in [0.4, 0.5) is 0 Å². The molecule has 1 fully saturated rings. The highest BCUT2D eigenvalue weighted by Gasteiger charge is 2.40. The molecule has 0 spiro atoms. The molecular formula is C9H13NO2. The van der Waals surface area contributed by atoms with E-state index in [9.17, 15) is 4.79 Å². The zero-order chi connectivity index (χ0) is 8.72. The van der Waals surface area contributed by atoms with Gasteiger partial charge in [0.05, 0.1) is 0 Å². The SMILES string of the molecule is N[C@H](C(=O)O)[C@H]1C[C@H]2C=C[C@H]1C2. The number of nitrogens with two attached hydrogens (primary N) is 1. The van der Waals surface area contributed by atoms with Crippen LogP contribution in [0.15, 0.2) is 12.2 Å². The fourth-order valence-corrected chi connectivity index (χ4v) is 2.42. The van der Waals surface area contributed by atoms with Crippen LogP contribution in [0.1, 0.15) is 12.8 Å². The summed E-state index contributed by atoms with van der Waals surface area (Å²) in [6.45, 7) is 0. The molecule has 2 aliphatic carbocycles. The summed E-state index contributed by atoms with van der Waals surface area (Å²) in [5.74, 6) is 0.352. The lowest BCUT2D eigenvalue weighted by atomic mass is 9.87. The highest BCUT2D eigenvalue weighted by molar-refractivity contribution is 5.73. The molecule has 0 aromatic rings. The summed E-state index contributed by atoms with van der Waals surface area (Å²) in [6.07, 6.45) is 6.40. The van der Waals surface area contributed by atoms with Gasteiger partial charge in [0, 0.05) is 0 Å². The fraction of sp³-hybridized carbons (Fsp3) is 0.667. The minimum atomic E-state index is -0.860. The molecule has 1 saturated carbocycles. The number of allylic oxidation sites excluding steroid dienone is 2. The lowest BCUT2D eigenvalue weighted by molar-refractivity contribution is -0.140. The third-order valence-corrected chi connectivity index (χ3v) is 3.08. The molecule has 0 unspecified atom stereocenters. The predicted molar refractivity (Wildman–Crippen MR) is 44.5 cm³/mol. The third kappa shape index (κ3) is 1.05. The van der Waals surface area contributed by atoms with Crippen molar-refractivity contribution in [2.45, 2.75) is 18.9 Å². The summed E-state index contributed by atoms with van der Waals surface area (Å²) in [5.41, 5.74) is 5.57. The van der Waals surface area contributed by atoms with Gasteiger partial charge in [0.2, 0.25) is 0 Å². The van der Waals surface area contributed by atoms with E-state index in [1.54, 1.807) is 0 Å². The molecular weight excluding hydrogens is 154 g/mol. The van der Waals surface area contributed by atoms with Crippen LogP contribution in [0.5, 0.6) is 0 Å². The molecule has 2 aliphatic rings. The number of hydrogen-bond donors (Lipinski definition) is 2. The molecule has 2 bridgehead atoms. The van der Waals surface area contributed by atoms with Crippen molar-refractivity contribution in [3.05, 3.63) is 12.2 Å². The molecule has 66 valence electrons. The Bertz CT molecular complexity index is 237. The van der Waals surface area contributed by atoms with Crippen molar-refractivity contribution >= 4 is 5.97 Å². The molecule has 3 nitrogen and oxygen atoms in total. The molecule has 12 heavy (non-hydrogen) atoms. The lowest BCUT2D eigenvalue weighted by Gasteiger charge is -2.21. The largest absolute Gasteiger partial charge is 0.480 e. The second kappa shape index (κ2) is 2.59. The first-order valence-electron chi connectivity index (χ1n) is 4.35.